The Morgan fingerprint density at radius 1 is 1.19 bits per heavy atom. The van der Waals surface area contributed by atoms with Gasteiger partial charge < -0.3 is 4.74 Å². The molecule has 0 atom stereocenters. The molecule has 27 heavy (non-hydrogen) atoms. The molecule has 0 saturated heterocycles. The normalized spacial score (nSPS) is 10.4. The van der Waals surface area contributed by atoms with Crippen LogP contribution in [-0.2, 0) is 20.9 Å². The molecule has 0 bridgehead atoms. The first-order chi connectivity index (χ1) is 13.0. The molecule has 1 aromatic carbocycles. The minimum atomic E-state index is -0.721. The predicted octanol–water partition coefficient (Wildman–Crippen LogP) is 1.21. The maximum Gasteiger partial charge on any atom is 0.330 e. The van der Waals surface area contributed by atoms with Gasteiger partial charge in [-0.3, -0.25) is 14.9 Å². The van der Waals surface area contributed by atoms with Crippen LogP contribution in [-0.4, -0.2) is 44.6 Å². The van der Waals surface area contributed by atoms with Crippen molar-refractivity contribution < 1.29 is 19.1 Å². The Morgan fingerprint density at radius 2 is 1.96 bits per heavy atom. The Morgan fingerprint density at radius 3 is 2.67 bits per heavy atom. The second-order valence-corrected chi connectivity index (χ2v) is 6.47. The Bertz CT molecular complexity index is 950. The van der Waals surface area contributed by atoms with E-state index in [0.29, 0.717) is 10.7 Å². The summed E-state index contributed by atoms with van der Waals surface area (Å²) < 4.78 is 4.83. The third kappa shape index (κ3) is 5.05. The second-order valence-electron chi connectivity index (χ2n) is 5.52. The first kappa shape index (κ1) is 18.4. The van der Waals surface area contributed by atoms with Gasteiger partial charge in [-0.1, -0.05) is 35.9 Å². The first-order valence-electron chi connectivity index (χ1n) is 7.89. The molecule has 3 rings (SSSR count). The summed E-state index contributed by atoms with van der Waals surface area (Å²) in [6.07, 6.45) is 0. The highest BCUT2D eigenvalue weighted by molar-refractivity contribution is 7.12. The maximum atomic E-state index is 11.8. The number of rotatable bonds is 6. The maximum absolute atomic E-state index is 11.8. The lowest BCUT2D eigenvalue weighted by molar-refractivity contribution is -0.149. The molecule has 9 nitrogen and oxygen atoms in total. The van der Waals surface area contributed by atoms with Gasteiger partial charge in [-0.2, -0.15) is 4.80 Å². The summed E-state index contributed by atoms with van der Waals surface area (Å²) in [5.41, 5.74) is 1.87. The molecule has 1 N–H and O–H groups in total. The van der Waals surface area contributed by atoms with Gasteiger partial charge in [-0.25, -0.2) is 4.79 Å². The SMILES string of the molecule is Cc1ccc(-c2nnn(CC(=O)OCC(=O)NC(=O)c3cccs3)n2)cc1. The van der Waals surface area contributed by atoms with Crippen LogP contribution in [0.25, 0.3) is 11.4 Å². The molecule has 138 valence electrons. The Balaban J connectivity index is 1.47. The third-order valence-corrected chi connectivity index (χ3v) is 4.26. The standard InChI is InChI=1S/C17H15N5O4S/c1-11-4-6-12(7-5-11)16-19-21-22(20-16)9-15(24)26-10-14(23)18-17(25)13-3-2-8-27-13/h2-8H,9-10H2,1H3,(H,18,23,25). The molecule has 0 radical (unpaired) electrons. The number of hydrogen-bond acceptors (Lipinski definition) is 8. The molecule has 3 aromatic rings. The smallest absolute Gasteiger partial charge is 0.330 e. The van der Waals surface area contributed by atoms with E-state index in [1.165, 1.54) is 11.3 Å². The highest BCUT2D eigenvalue weighted by Crippen LogP contribution is 2.13. The van der Waals surface area contributed by atoms with Gasteiger partial charge >= 0.3 is 5.97 Å². The van der Waals surface area contributed by atoms with Crippen molar-refractivity contribution in [3.8, 4) is 11.4 Å². The number of amides is 2. The van der Waals surface area contributed by atoms with Crippen molar-refractivity contribution in [3.05, 3.63) is 52.2 Å². The van der Waals surface area contributed by atoms with Gasteiger partial charge in [0.15, 0.2) is 13.2 Å². The van der Waals surface area contributed by atoms with E-state index in [1.807, 2.05) is 31.2 Å². The number of imide groups is 1. The van der Waals surface area contributed by atoms with Crippen LogP contribution in [0, 0.1) is 6.92 Å². The van der Waals surface area contributed by atoms with E-state index < -0.39 is 24.4 Å². The summed E-state index contributed by atoms with van der Waals surface area (Å²) in [4.78, 5) is 36.7. The summed E-state index contributed by atoms with van der Waals surface area (Å²) in [7, 11) is 0. The van der Waals surface area contributed by atoms with Crippen LogP contribution in [0.5, 0.6) is 0 Å². The monoisotopic (exact) mass is 385 g/mol. The number of hydrogen-bond donors (Lipinski definition) is 1. The minimum absolute atomic E-state index is 0.301. The predicted molar refractivity (Wildman–Crippen MR) is 95.7 cm³/mol. The average Bonchev–Trinajstić information content (AvgIpc) is 3.33. The number of tetrazole rings is 1. The number of esters is 1. The topological polar surface area (TPSA) is 116 Å². The molecule has 10 heteroatoms. The zero-order valence-electron chi connectivity index (χ0n) is 14.3. The molecule has 0 unspecified atom stereocenters. The van der Waals surface area contributed by atoms with Crippen molar-refractivity contribution in [2.24, 2.45) is 0 Å². The molecule has 0 aliphatic rings. The lowest BCUT2D eigenvalue weighted by Crippen LogP contribution is -2.34. The fourth-order valence-corrected chi connectivity index (χ4v) is 2.69. The summed E-state index contributed by atoms with van der Waals surface area (Å²) in [5.74, 6) is -1.59. The molecule has 0 aliphatic heterocycles. The van der Waals surface area contributed by atoms with E-state index in [0.717, 1.165) is 15.9 Å². The van der Waals surface area contributed by atoms with Gasteiger partial charge in [0.05, 0.1) is 4.88 Å². The number of nitrogens with one attached hydrogen (secondary N) is 1. The van der Waals surface area contributed by atoms with E-state index in [1.54, 1.807) is 17.5 Å². The molecular weight excluding hydrogens is 370 g/mol. The molecule has 0 spiro atoms. The van der Waals surface area contributed by atoms with E-state index in [2.05, 4.69) is 20.7 Å². The Labute approximate surface area is 158 Å². The van der Waals surface area contributed by atoms with E-state index in [-0.39, 0.29) is 6.54 Å². The van der Waals surface area contributed by atoms with Crippen molar-refractivity contribution in [1.29, 1.82) is 0 Å². The molecule has 2 aromatic heterocycles. The van der Waals surface area contributed by atoms with E-state index >= 15 is 0 Å². The van der Waals surface area contributed by atoms with Gasteiger partial charge in [0, 0.05) is 5.56 Å². The molecule has 0 aliphatic carbocycles. The van der Waals surface area contributed by atoms with Crippen molar-refractivity contribution in [1.82, 2.24) is 25.5 Å². The number of nitrogens with zero attached hydrogens (tertiary/aromatic N) is 4. The van der Waals surface area contributed by atoms with E-state index in [9.17, 15) is 14.4 Å². The molecular formula is C17H15N5O4S. The number of aromatic nitrogens is 4. The quantitative estimate of drug-likeness (QED) is 0.634. The zero-order valence-corrected chi connectivity index (χ0v) is 15.1. The molecule has 2 amide bonds. The Hall–Kier alpha value is -3.40. The zero-order chi connectivity index (χ0) is 19.2. The Kier molecular flexibility index (Phi) is 5.67. The second kappa shape index (κ2) is 8.32. The van der Waals surface area contributed by atoms with E-state index in [4.69, 9.17) is 4.74 Å². The first-order valence-corrected chi connectivity index (χ1v) is 8.77. The number of benzene rings is 1. The number of aryl methyl sites for hydroxylation is 1. The minimum Gasteiger partial charge on any atom is -0.454 e. The number of carbonyl (C=O) groups excluding carboxylic acids is 3. The number of carbonyl (C=O) groups is 3. The summed E-state index contributed by atoms with van der Waals surface area (Å²) in [5, 5.41) is 15.6. The van der Waals surface area contributed by atoms with Crippen molar-refractivity contribution in [2.75, 3.05) is 6.61 Å². The lowest BCUT2D eigenvalue weighted by Gasteiger charge is -2.04. The van der Waals surface area contributed by atoms with Gasteiger partial charge in [0.25, 0.3) is 11.8 Å². The molecule has 2 heterocycles. The van der Waals surface area contributed by atoms with Crippen molar-refractivity contribution in [2.45, 2.75) is 13.5 Å². The summed E-state index contributed by atoms with van der Waals surface area (Å²) >= 11 is 1.20. The summed E-state index contributed by atoms with van der Waals surface area (Å²) in [6.45, 7) is 1.09. The van der Waals surface area contributed by atoms with Crippen molar-refractivity contribution in [3.63, 3.8) is 0 Å². The van der Waals surface area contributed by atoms with Gasteiger partial charge in [-0.05, 0) is 23.6 Å². The largest absolute Gasteiger partial charge is 0.454 e. The lowest BCUT2D eigenvalue weighted by atomic mass is 10.1. The van der Waals surface area contributed by atoms with Crippen LogP contribution in [0.2, 0.25) is 0 Å². The highest BCUT2D eigenvalue weighted by atomic mass is 32.1. The van der Waals surface area contributed by atoms with Gasteiger partial charge in [0.2, 0.25) is 5.82 Å². The molecule has 0 saturated carbocycles. The fraction of sp³-hybridized carbons (Fsp3) is 0.176. The van der Waals surface area contributed by atoms with Crippen LogP contribution >= 0.6 is 11.3 Å². The number of ether oxygens (including phenoxy) is 1. The van der Waals surface area contributed by atoms with Crippen LogP contribution in [0.15, 0.2) is 41.8 Å². The van der Waals surface area contributed by atoms with Crippen LogP contribution in [0.4, 0.5) is 0 Å². The van der Waals surface area contributed by atoms with Gasteiger partial charge in [-0.15, -0.1) is 21.5 Å². The highest BCUT2D eigenvalue weighted by Gasteiger charge is 2.15. The fourth-order valence-electron chi connectivity index (χ4n) is 2.07. The van der Waals surface area contributed by atoms with Crippen LogP contribution < -0.4 is 5.32 Å². The third-order valence-electron chi connectivity index (χ3n) is 3.40. The average molecular weight is 385 g/mol. The van der Waals surface area contributed by atoms with Crippen LogP contribution in [0.3, 0.4) is 0 Å². The van der Waals surface area contributed by atoms with Crippen LogP contribution in [0.1, 0.15) is 15.2 Å². The summed E-state index contributed by atoms with van der Waals surface area (Å²) in [6, 6.07) is 10.8. The van der Waals surface area contributed by atoms with Crippen molar-refractivity contribution >= 4 is 29.1 Å². The number of thiophene rings is 1. The van der Waals surface area contributed by atoms with Gasteiger partial charge in [0.1, 0.15) is 0 Å². The molecule has 0 fully saturated rings.